The van der Waals surface area contributed by atoms with Crippen molar-refractivity contribution in [1.82, 2.24) is 0 Å². The number of alkyl halides is 5. The van der Waals surface area contributed by atoms with Gasteiger partial charge < -0.3 is 0 Å². The van der Waals surface area contributed by atoms with Crippen LogP contribution in [0, 0.1) is 0 Å². The van der Waals surface area contributed by atoms with E-state index < -0.39 is 17.7 Å². The summed E-state index contributed by atoms with van der Waals surface area (Å²) in [6.07, 6.45) is -5.20. The molecule has 0 aliphatic heterocycles. The number of benzene rings is 1. The zero-order valence-corrected chi connectivity index (χ0v) is 8.73. The second-order valence-electron chi connectivity index (χ2n) is 3.58. The molecular formula is C11H10F5O. The highest BCUT2D eigenvalue weighted by molar-refractivity contribution is 5.28. The van der Waals surface area contributed by atoms with Crippen LogP contribution in [-0.2, 0) is 17.4 Å². The molecule has 1 aromatic rings. The molecule has 0 fully saturated rings. The van der Waals surface area contributed by atoms with Crippen LogP contribution in [0.1, 0.15) is 17.5 Å². The van der Waals surface area contributed by atoms with Gasteiger partial charge in [-0.15, -0.1) is 0 Å². The lowest BCUT2D eigenvalue weighted by Crippen LogP contribution is -2.33. The van der Waals surface area contributed by atoms with Crippen molar-refractivity contribution in [2.75, 3.05) is 6.61 Å². The molecule has 0 aromatic heterocycles. The molecule has 0 saturated carbocycles. The summed E-state index contributed by atoms with van der Waals surface area (Å²) in [4.78, 5) is 0. The Hall–Kier alpha value is -1.17. The van der Waals surface area contributed by atoms with Gasteiger partial charge in [-0.1, -0.05) is 18.2 Å². The highest BCUT2D eigenvalue weighted by Crippen LogP contribution is 2.43. The third kappa shape index (κ3) is 3.15. The molecule has 6 heteroatoms. The minimum atomic E-state index is -5.61. The number of hydrogen-bond acceptors (Lipinski definition) is 0. The summed E-state index contributed by atoms with van der Waals surface area (Å²) in [6, 6.07) is 4.08. The molecule has 95 valence electrons. The van der Waals surface area contributed by atoms with Crippen LogP contribution in [0.5, 0.6) is 0 Å². The Morgan fingerprint density at radius 2 is 1.71 bits per heavy atom. The maximum Gasteiger partial charge on any atom is 0.458 e. The van der Waals surface area contributed by atoms with Crippen molar-refractivity contribution >= 4 is 0 Å². The Labute approximate surface area is 94.9 Å². The average molecular weight is 253 g/mol. The van der Waals surface area contributed by atoms with Crippen molar-refractivity contribution in [1.29, 1.82) is 0 Å². The molecule has 0 amide bonds. The van der Waals surface area contributed by atoms with Gasteiger partial charge >= 0.3 is 12.1 Å². The number of aryl methyl sites for hydroxylation is 1. The summed E-state index contributed by atoms with van der Waals surface area (Å²) in [7, 11) is 0. The quantitative estimate of drug-likeness (QED) is 0.729. The van der Waals surface area contributed by atoms with Crippen molar-refractivity contribution in [2.24, 2.45) is 0 Å². The molecule has 0 spiro atoms. The lowest BCUT2D eigenvalue weighted by atomic mass is 10.0. The van der Waals surface area contributed by atoms with E-state index >= 15 is 0 Å². The maximum absolute atomic E-state index is 13.0. The molecule has 1 radical (unpaired) electrons. The third-order valence-corrected chi connectivity index (χ3v) is 2.26. The summed E-state index contributed by atoms with van der Waals surface area (Å²) < 4.78 is 62.3. The lowest BCUT2D eigenvalue weighted by Gasteiger charge is -2.20. The first kappa shape index (κ1) is 13.9. The smallest absolute Gasteiger partial charge is 0.237 e. The molecule has 0 unspecified atom stereocenters. The van der Waals surface area contributed by atoms with Crippen LogP contribution in [0.2, 0.25) is 0 Å². The second-order valence-corrected chi connectivity index (χ2v) is 3.58. The fraction of sp³-hybridized carbons (Fsp3) is 0.455. The SMILES string of the molecule is [O]CCCc1cccc(C(F)(F)C(F)(F)F)c1. The maximum atomic E-state index is 13.0. The van der Waals surface area contributed by atoms with E-state index in [1.54, 1.807) is 0 Å². The Morgan fingerprint density at radius 1 is 1.06 bits per heavy atom. The van der Waals surface area contributed by atoms with E-state index in [-0.39, 0.29) is 19.4 Å². The first-order valence-electron chi connectivity index (χ1n) is 4.91. The van der Waals surface area contributed by atoms with Gasteiger partial charge in [0.25, 0.3) is 0 Å². The third-order valence-electron chi connectivity index (χ3n) is 2.26. The van der Waals surface area contributed by atoms with Gasteiger partial charge in [-0.05, 0) is 24.5 Å². The summed E-state index contributed by atoms with van der Waals surface area (Å²) >= 11 is 0. The highest BCUT2D eigenvalue weighted by atomic mass is 19.4. The number of halogens is 5. The van der Waals surface area contributed by atoms with E-state index in [0.717, 1.165) is 18.2 Å². The predicted octanol–water partition coefficient (Wildman–Crippen LogP) is 3.70. The first-order chi connectivity index (χ1) is 7.79. The Bertz CT molecular complexity index is 372. The molecule has 1 nitrogen and oxygen atoms in total. The fourth-order valence-corrected chi connectivity index (χ4v) is 1.36. The summed E-state index contributed by atoms with van der Waals surface area (Å²) in [5.41, 5.74) is -0.782. The van der Waals surface area contributed by atoms with E-state index in [1.165, 1.54) is 6.07 Å². The van der Waals surface area contributed by atoms with Crippen LogP contribution in [0.25, 0.3) is 0 Å². The largest absolute Gasteiger partial charge is 0.458 e. The zero-order valence-electron chi connectivity index (χ0n) is 8.73. The van der Waals surface area contributed by atoms with Gasteiger partial charge in [-0.25, -0.2) is 5.11 Å². The fourth-order valence-electron chi connectivity index (χ4n) is 1.36. The molecular weight excluding hydrogens is 243 g/mol. The highest BCUT2D eigenvalue weighted by Gasteiger charge is 2.58. The Kier molecular flexibility index (Phi) is 4.08. The zero-order chi connectivity index (χ0) is 13.1. The van der Waals surface area contributed by atoms with E-state index in [1.807, 2.05) is 0 Å². The van der Waals surface area contributed by atoms with Crippen molar-refractivity contribution in [3.8, 4) is 0 Å². The van der Waals surface area contributed by atoms with Crippen molar-refractivity contribution in [2.45, 2.75) is 24.9 Å². The minimum absolute atomic E-state index is 0.200. The van der Waals surface area contributed by atoms with Gasteiger partial charge in [0.2, 0.25) is 0 Å². The van der Waals surface area contributed by atoms with E-state index in [0.29, 0.717) is 5.56 Å². The Morgan fingerprint density at radius 3 is 2.24 bits per heavy atom. The summed E-state index contributed by atoms with van der Waals surface area (Å²) in [5.74, 6) is -4.86. The van der Waals surface area contributed by atoms with Crippen LogP contribution in [0.15, 0.2) is 24.3 Å². The van der Waals surface area contributed by atoms with E-state index in [9.17, 15) is 27.1 Å². The summed E-state index contributed by atoms with van der Waals surface area (Å²) in [6.45, 7) is -0.389. The van der Waals surface area contributed by atoms with Gasteiger partial charge in [0.1, 0.15) is 0 Å². The molecule has 0 aliphatic carbocycles. The molecule has 17 heavy (non-hydrogen) atoms. The summed E-state index contributed by atoms with van der Waals surface area (Å²) in [5, 5.41) is 10.2. The van der Waals surface area contributed by atoms with Crippen molar-refractivity contribution in [3.05, 3.63) is 35.4 Å². The van der Waals surface area contributed by atoms with Gasteiger partial charge in [0, 0.05) is 5.56 Å². The first-order valence-corrected chi connectivity index (χ1v) is 4.91. The van der Waals surface area contributed by atoms with Gasteiger partial charge in [0.15, 0.2) is 0 Å². The van der Waals surface area contributed by atoms with Crippen LogP contribution in [0.3, 0.4) is 0 Å². The lowest BCUT2D eigenvalue weighted by molar-refractivity contribution is -0.289. The normalized spacial score (nSPS) is 12.8. The van der Waals surface area contributed by atoms with Crippen LogP contribution in [-0.4, -0.2) is 12.8 Å². The molecule has 0 saturated heterocycles. The number of hydrogen-bond donors (Lipinski definition) is 0. The molecule has 0 atom stereocenters. The van der Waals surface area contributed by atoms with Crippen molar-refractivity contribution in [3.63, 3.8) is 0 Å². The molecule has 1 aromatic carbocycles. The van der Waals surface area contributed by atoms with Gasteiger partial charge in [-0.3, -0.25) is 0 Å². The molecule has 0 heterocycles. The van der Waals surface area contributed by atoms with Crippen LogP contribution in [0.4, 0.5) is 22.0 Å². The Balaban J connectivity index is 2.99. The van der Waals surface area contributed by atoms with Gasteiger partial charge in [-0.2, -0.15) is 22.0 Å². The van der Waals surface area contributed by atoms with Crippen LogP contribution >= 0.6 is 0 Å². The monoisotopic (exact) mass is 253 g/mol. The van der Waals surface area contributed by atoms with Gasteiger partial charge in [0.05, 0.1) is 6.61 Å². The van der Waals surface area contributed by atoms with E-state index in [4.69, 9.17) is 0 Å². The number of rotatable bonds is 4. The topological polar surface area (TPSA) is 19.9 Å². The predicted molar refractivity (Wildman–Crippen MR) is 50.3 cm³/mol. The minimum Gasteiger partial charge on any atom is -0.237 e. The average Bonchev–Trinajstić information content (AvgIpc) is 2.25. The standard InChI is InChI=1S/C11H10F5O/c12-10(13,11(14,15)16)9-5-1-3-8(7-9)4-2-6-17/h1,3,5,7H,2,4,6H2. The second kappa shape index (κ2) is 5.00. The molecule has 0 N–H and O–H groups in total. The van der Waals surface area contributed by atoms with Crippen molar-refractivity contribution < 1.29 is 27.1 Å². The molecule has 0 bridgehead atoms. The molecule has 1 rings (SSSR count). The van der Waals surface area contributed by atoms with Crippen LogP contribution < -0.4 is 0 Å². The molecule has 0 aliphatic rings. The van der Waals surface area contributed by atoms with E-state index in [2.05, 4.69) is 0 Å².